The van der Waals surface area contributed by atoms with Crippen molar-refractivity contribution in [2.45, 2.75) is 27.4 Å². The van der Waals surface area contributed by atoms with Crippen molar-refractivity contribution in [2.24, 2.45) is 0 Å². The highest BCUT2D eigenvalue weighted by Crippen LogP contribution is 2.19. The molecule has 104 valence electrons. The molecule has 0 aliphatic rings. The molecule has 2 rings (SSSR count). The summed E-state index contributed by atoms with van der Waals surface area (Å²) in [6.07, 6.45) is 0. The Morgan fingerprint density at radius 3 is 2.35 bits per heavy atom. The Morgan fingerprint density at radius 1 is 0.950 bits per heavy atom. The fourth-order valence-corrected chi connectivity index (χ4v) is 2.11. The van der Waals surface area contributed by atoms with Gasteiger partial charge in [-0.05, 0) is 49.0 Å². The molecule has 0 fully saturated rings. The molecular weight excluding hydrogens is 251 g/mol. The number of benzene rings is 2. The average Bonchev–Trinajstić information content (AvgIpc) is 2.40. The molecule has 0 aliphatic heterocycles. The molecule has 2 N–H and O–H groups in total. The summed E-state index contributed by atoms with van der Waals surface area (Å²) >= 11 is 0. The molecule has 2 aromatic carbocycles. The van der Waals surface area contributed by atoms with Gasteiger partial charge in [-0.15, -0.1) is 0 Å². The molecule has 0 atom stereocenters. The van der Waals surface area contributed by atoms with Crippen LogP contribution < -0.4 is 10.2 Å². The van der Waals surface area contributed by atoms with Crippen LogP contribution in [0.1, 0.15) is 22.3 Å². The number of hydrogen-bond acceptors (Lipinski definition) is 3. The van der Waals surface area contributed by atoms with Gasteiger partial charge in [0.15, 0.2) is 0 Å². The van der Waals surface area contributed by atoms with Crippen molar-refractivity contribution in [3.63, 3.8) is 0 Å². The van der Waals surface area contributed by atoms with Crippen LogP contribution in [-0.4, -0.2) is 17.2 Å². The average molecular weight is 270 g/mol. The first-order valence-corrected chi connectivity index (χ1v) is 6.63. The third kappa shape index (κ3) is 3.41. The summed E-state index contributed by atoms with van der Waals surface area (Å²) in [5.74, 6) is 0.760. The van der Waals surface area contributed by atoms with E-state index in [1.165, 1.54) is 11.1 Å². The van der Waals surface area contributed by atoms with E-state index in [0.29, 0.717) is 12.1 Å². The van der Waals surface area contributed by atoms with Gasteiger partial charge in [-0.1, -0.05) is 35.9 Å². The van der Waals surface area contributed by atoms with Crippen LogP contribution in [0.25, 0.3) is 0 Å². The van der Waals surface area contributed by atoms with Gasteiger partial charge in [0.05, 0.1) is 0 Å². The maximum atomic E-state index is 9.13. The minimum Gasteiger partial charge on any atom is -0.489 e. The Kier molecular flexibility index (Phi) is 4.48. The summed E-state index contributed by atoms with van der Waals surface area (Å²) < 4.78 is 5.83. The minimum absolute atomic E-state index is 0.474. The second-order valence-corrected chi connectivity index (χ2v) is 5.12. The molecule has 20 heavy (non-hydrogen) atoms. The van der Waals surface area contributed by atoms with Gasteiger partial charge in [0.1, 0.15) is 12.4 Å². The highest BCUT2D eigenvalue weighted by atomic mass is 16.5. The molecule has 0 spiro atoms. The largest absolute Gasteiger partial charge is 0.489 e. The van der Waals surface area contributed by atoms with Gasteiger partial charge in [-0.3, -0.25) is 0 Å². The van der Waals surface area contributed by atoms with E-state index in [1.54, 1.807) is 18.2 Å². The van der Waals surface area contributed by atoms with E-state index in [9.17, 15) is 0 Å². The summed E-state index contributed by atoms with van der Waals surface area (Å²) in [5.41, 5.74) is 4.94. The van der Waals surface area contributed by atoms with Crippen LogP contribution in [0.15, 0.2) is 36.4 Å². The molecule has 0 aromatic heterocycles. The fourth-order valence-electron chi connectivity index (χ4n) is 2.11. The Hall–Kier alpha value is -1.78. The maximum Gasteiger partial charge on any atom is 0.488 e. The lowest BCUT2D eigenvalue weighted by Gasteiger charge is -2.12. The second kappa shape index (κ2) is 6.12. The SMILES string of the molecule is Cc1ccc(C)c(COc2ccc(B(O)O)cc2C)c1. The first-order valence-electron chi connectivity index (χ1n) is 6.63. The molecule has 0 saturated carbocycles. The Balaban J connectivity index is 2.13. The lowest BCUT2D eigenvalue weighted by Crippen LogP contribution is -2.29. The summed E-state index contributed by atoms with van der Waals surface area (Å²) in [6.45, 7) is 6.53. The van der Waals surface area contributed by atoms with Gasteiger partial charge in [0.25, 0.3) is 0 Å². The van der Waals surface area contributed by atoms with Crippen molar-refractivity contribution in [1.82, 2.24) is 0 Å². The van der Waals surface area contributed by atoms with Crippen LogP contribution in [0, 0.1) is 20.8 Å². The lowest BCUT2D eigenvalue weighted by molar-refractivity contribution is 0.303. The van der Waals surface area contributed by atoms with Gasteiger partial charge in [-0.25, -0.2) is 0 Å². The normalized spacial score (nSPS) is 10.4. The van der Waals surface area contributed by atoms with Crippen LogP contribution in [0.4, 0.5) is 0 Å². The van der Waals surface area contributed by atoms with Gasteiger partial charge >= 0.3 is 7.12 Å². The van der Waals surface area contributed by atoms with Gasteiger partial charge in [-0.2, -0.15) is 0 Å². The fraction of sp³-hybridized carbons (Fsp3) is 0.250. The second-order valence-electron chi connectivity index (χ2n) is 5.12. The summed E-state index contributed by atoms with van der Waals surface area (Å²) in [5, 5.41) is 18.3. The van der Waals surface area contributed by atoms with Crippen LogP contribution in [0.5, 0.6) is 5.75 Å². The van der Waals surface area contributed by atoms with E-state index in [2.05, 4.69) is 32.0 Å². The highest BCUT2D eigenvalue weighted by Gasteiger charge is 2.12. The summed E-state index contributed by atoms with van der Waals surface area (Å²) in [4.78, 5) is 0. The molecule has 0 aliphatic carbocycles. The van der Waals surface area contributed by atoms with E-state index < -0.39 is 7.12 Å². The monoisotopic (exact) mass is 270 g/mol. The van der Waals surface area contributed by atoms with Crippen LogP contribution in [-0.2, 0) is 6.61 Å². The number of ether oxygens (including phenoxy) is 1. The van der Waals surface area contributed by atoms with Gasteiger partial charge < -0.3 is 14.8 Å². The molecule has 0 bridgehead atoms. The Bertz CT molecular complexity index is 609. The molecule has 0 radical (unpaired) electrons. The van der Waals surface area contributed by atoms with Crippen molar-refractivity contribution in [3.05, 3.63) is 58.7 Å². The molecular formula is C16H19BO3. The predicted molar refractivity (Wildman–Crippen MR) is 81.3 cm³/mol. The molecule has 0 heterocycles. The van der Waals surface area contributed by atoms with Crippen molar-refractivity contribution in [2.75, 3.05) is 0 Å². The Labute approximate surface area is 120 Å². The number of hydrogen-bond donors (Lipinski definition) is 2. The lowest BCUT2D eigenvalue weighted by atomic mass is 9.79. The van der Waals surface area contributed by atoms with E-state index >= 15 is 0 Å². The first-order chi connectivity index (χ1) is 9.47. The summed E-state index contributed by atoms with van der Waals surface area (Å²) in [7, 11) is -1.44. The van der Waals surface area contributed by atoms with Gasteiger partial charge in [0, 0.05) is 0 Å². The van der Waals surface area contributed by atoms with Crippen molar-refractivity contribution >= 4 is 12.6 Å². The van der Waals surface area contributed by atoms with Crippen LogP contribution >= 0.6 is 0 Å². The first kappa shape index (κ1) is 14.6. The molecule has 0 unspecified atom stereocenters. The zero-order valence-corrected chi connectivity index (χ0v) is 12.1. The topological polar surface area (TPSA) is 49.7 Å². The predicted octanol–water partition coefficient (Wildman–Crippen LogP) is 1.87. The van der Waals surface area contributed by atoms with E-state index in [0.717, 1.165) is 16.9 Å². The molecule has 3 nitrogen and oxygen atoms in total. The van der Waals surface area contributed by atoms with Crippen molar-refractivity contribution < 1.29 is 14.8 Å². The van der Waals surface area contributed by atoms with E-state index in [1.807, 2.05) is 6.92 Å². The maximum absolute atomic E-state index is 9.13. The van der Waals surface area contributed by atoms with E-state index in [4.69, 9.17) is 14.8 Å². The molecule has 2 aromatic rings. The number of rotatable bonds is 4. The molecule has 0 amide bonds. The van der Waals surface area contributed by atoms with E-state index in [-0.39, 0.29) is 0 Å². The zero-order chi connectivity index (χ0) is 14.7. The van der Waals surface area contributed by atoms with Gasteiger partial charge in [0.2, 0.25) is 0 Å². The Morgan fingerprint density at radius 2 is 1.70 bits per heavy atom. The third-order valence-electron chi connectivity index (χ3n) is 3.38. The van der Waals surface area contributed by atoms with Crippen molar-refractivity contribution in [1.29, 1.82) is 0 Å². The third-order valence-corrected chi connectivity index (χ3v) is 3.38. The van der Waals surface area contributed by atoms with Crippen molar-refractivity contribution in [3.8, 4) is 5.75 Å². The molecule has 4 heteroatoms. The van der Waals surface area contributed by atoms with Crippen LogP contribution in [0.3, 0.4) is 0 Å². The minimum atomic E-state index is -1.44. The highest BCUT2D eigenvalue weighted by molar-refractivity contribution is 6.58. The quantitative estimate of drug-likeness (QED) is 0.834. The smallest absolute Gasteiger partial charge is 0.488 e. The standard InChI is InChI=1S/C16H19BO3/c1-11-4-5-12(2)14(8-11)10-20-16-7-6-15(17(18)19)9-13(16)3/h4-9,18-19H,10H2,1-3H3. The number of aryl methyl sites for hydroxylation is 3. The summed E-state index contributed by atoms with van der Waals surface area (Å²) in [6, 6.07) is 11.5. The zero-order valence-electron chi connectivity index (χ0n) is 12.1. The van der Waals surface area contributed by atoms with Crippen LogP contribution in [0.2, 0.25) is 0 Å². The molecule has 0 saturated heterocycles.